The number of likely N-dealkylation sites (N-methyl/N-ethyl adjacent to an activating group) is 1. The molecule has 5 saturated heterocycles. The lowest BCUT2D eigenvalue weighted by molar-refractivity contribution is -0.137. The summed E-state index contributed by atoms with van der Waals surface area (Å²) in [5.74, 6) is 0.225. The first kappa shape index (κ1) is 74.7. The number of amides is 5. The van der Waals surface area contributed by atoms with Crippen LogP contribution in [0.25, 0.3) is 0 Å². The van der Waals surface area contributed by atoms with Crippen molar-refractivity contribution < 1.29 is 31.2 Å². The lowest BCUT2D eigenvalue weighted by atomic mass is 9.63. The van der Waals surface area contributed by atoms with Crippen LogP contribution in [-0.2, 0) is 46.6 Å². The van der Waals surface area contributed by atoms with Crippen LogP contribution in [0.2, 0.25) is 0 Å². The Balaban J connectivity index is 0.000000189. The third-order valence-corrected chi connectivity index (χ3v) is 24.0. The molecule has 5 aliphatic heterocycles. The van der Waals surface area contributed by atoms with Crippen LogP contribution in [0, 0.1) is 22.1 Å². The second kappa shape index (κ2) is 32.3. The number of aromatic nitrogens is 1. The summed E-state index contributed by atoms with van der Waals surface area (Å²) in [6.07, 6.45) is 24.1. The Morgan fingerprint density at radius 2 is 1.07 bits per heavy atom. The summed E-state index contributed by atoms with van der Waals surface area (Å²) in [6, 6.07) is 26.5. The molecule has 540 valence electrons. The van der Waals surface area contributed by atoms with E-state index in [1.54, 1.807) is 22.1 Å². The molecule has 3 spiro atoms. The Kier molecular flexibility index (Phi) is 24.6. The van der Waals surface area contributed by atoms with Gasteiger partial charge in [0.25, 0.3) is 0 Å². The second-order valence-corrected chi connectivity index (χ2v) is 34.3. The van der Waals surface area contributed by atoms with Crippen LogP contribution in [0.15, 0.2) is 91.3 Å². The summed E-state index contributed by atoms with van der Waals surface area (Å²) in [7, 11) is 0. The number of hydrogen-bond acceptors (Lipinski definition) is 9. The molecule has 5 amide bonds. The van der Waals surface area contributed by atoms with Crippen LogP contribution in [0.1, 0.15) is 265 Å². The van der Waals surface area contributed by atoms with Crippen molar-refractivity contribution in [2.45, 2.75) is 251 Å². The highest BCUT2D eigenvalue weighted by Gasteiger charge is 2.47. The molecule has 0 radical (unpaired) electrons. The van der Waals surface area contributed by atoms with Crippen molar-refractivity contribution in [1.82, 2.24) is 45.0 Å². The van der Waals surface area contributed by atoms with E-state index < -0.39 is 0 Å². The van der Waals surface area contributed by atoms with E-state index in [1.807, 2.05) is 31.3 Å². The molecule has 12 rings (SSSR count). The van der Waals surface area contributed by atoms with Gasteiger partial charge in [0.05, 0.1) is 24.5 Å². The number of fused-ring (bicyclic) bond motifs is 6. The molecule has 8 aliphatic rings. The molecule has 14 nitrogen and oxygen atoms in total. The number of pyridine rings is 1. The number of benzene rings is 3. The van der Waals surface area contributed by atoms with Gasteiger partial charge in [-0.3, -0.25) is 29.0 Å². The molecule has 3 aromatic carbocycles. The van der Waals surface area contributed by atoms with Crippen molar-refractivity contribution in [2.75, 3.05) is 85.1 Å². The van der Waals surface area contributed by atoms with E-state index in [-0.39, 0.29) is 78.6 Å². The van der Waals surface area contributed by atoms with Crippen LogP contribution < -0.4 is 10.6 Å². The van der Waals surface area contributed by atoms with Crippen LogP contribution in [-0.4, -0.2) is 155 Å². The number of hydrogen-bond donors (Lipinski definition) is 2. The highest BCUT2D eigenvalue weighted by molar-refractivity contribution is 5.88. The van der Waals surface area contributed by atoms with Gasteiger partial charge in [0.15, 0.2) is 0 Å². The van der Waals surface area contributed by atoms with Gasteiger partial charge in [0, 0.05) is 60.7 Å². The smallest absolute Gasteiger partial charge is 0.242 e. The molecule has 5 fully saturated rings. The fourth-order valence-corrected chi connectivity index (χ4v) is 17.6. The molecule has 3 aliphatic carbocycles. The largest absolute Gasteiger partial charge is 0.349 e. The quantitative estimate of drug-likeness (QED) is 0.106. The van der Waals surface area contributed by atoms with Gasteiger partial charge in [0.1, 0.15) is 11.9 Å². The number of nitrogens with one attached hydrogen (secondary N) is 2. The minimum Gasteiger partial charge on any atom is -0.349 e. The Labute approximate surface area is 591 Å². The lowest BCUT2D eigenvalue weighted by Crippen LogP contribution is -2.49. The van der Waals surface area contributed by atoms with Crippen molar-refractivity contribution in [2.24, 2.45) is 16.2 Å². The second-order valence-electron chi connectivity index (χ2n) is 34.3. The normalized spacial score (nSPS) is 22.6. The van der Waals surface area contributed by atoms with Crippen LogP contribution in [0.3, 0.4) is 0 Å². The Bertz CT molecular complexity index is 3340. The average molecular weight is 1350 g/mol. The van der Waals surface area contributed by atoms with Gasteiger partial charge in [-0.25, -0.2) is 4.39 Å². The van der Waals surface area contributed by atoms with E-state index >= 15 is 0 Å². The maximum absolute atomic E-state index is 14.3. The van der Waals surface area contributed by atoms with Crippen molar-refractivity contribution in [3.63, 3.8) is 0 Å². The number of piperidine rings is 3. The van der Waals surface area contributed by atoms with Gasteiger partial charge in [-0.15, -0.1) is 0 Å². The molecule has 0 bridgehead atoms. The standard InChI is InChI=1S/C29H41N3O.C27H40FN3O2.C27H41N3O2.2H2/c1-5-32(27(33)21-23-9-8-17-30-22-23)26-12-13-29(25-11-7-6-10-24(25)26)15-19-31(20-16-29)18-14-28(2,3)4;1-26(2,3)11-16-30-17-12-27(13-18-30)10-8-23(21-7-6-20(28)19-22(21)27)29-24(32)9-15-31-14-4-5-25(31)33;1-20(30-16-7-10-24(30)31)25(32)28-23-11-12-27(22-9-6-5-8-21(22)23)14-18-29(19-15-27)17-13-26(2,3)4;;/h6-11,17,22,26H,5,12-16,18-21H2,1-4H3;6-7,19,23H,4-5,8-18H2,1-3H3,(H,29,32);5-6,8-9,20,23H,7,10-19H2,1-4H3,(H,28,32);2*1H/t26-;23-;20-,23-;;/m000../s1. The number of halogens is 1. The van der Waals surface area contributed by atoms with E-state index in [9.17, 15) is 28.4 Å². The Hall–Kier alpha value is -6.03. The molecule has 15 heteroatoms. The van der Waals surface area contributed by atoms with Crippen LogP contribution in [0.4, 0.5) is 4.39 Å². The van der Waals surface area contributed by atoms with Gasteiger partial charge in [0.2, 0.25) is 29.5 Å². The molecule has 0 saturated carbocycles. The first-order valence-electron chi connectivity index (χ1n) is 38.2. The molecule has 98 heavy (non-hydrogen) atoms. The fourth-order valence-electron chi connectivity index (χ4n) is 17.6. The summed E-state index contributed by atoms with van der Waals surface area (Å²) in [5, 5.41) is 6.49. The zero-order chi connectivity index (χ0) is 70.0. The van der Waals surface area contributed by atoms with Gasteiger partial charge < -0.3 is 40.0 Å². The van der Waals surface area contributed by atoms with Crippen LogP contribution >= 0.6 is 0 Å². The molecule has 0 unspecified atom stereocenters. The van der Waals surface area contributed by atoms with Crippen molar-refractivity contribution in [3.8, 4) is 0 Å². The van der Waals surface area contributed by atoms with Crippen LogP contribution in [0.5, 0.6) is 0 Å². The Morgan fingerprint density at radius 3 is 1.57 bits per heavy atom. The number of rotatable bonds is 17. The maximum atomic E-state index is 14.3. The summed E-state index contributed by atoms with van der Waals surface area (Å²) in [4.78, 5) is 80.6. The minimum atomic E-state index is -0.390. The fraction of sp³-hybridized carbons (Fsp3) is 0.663. The maximum Gasteiger partial charge on any atom is 0.242 e. The van der Waals surface area contributed by atoms with E-state index in [0.29, 0.717) is 55.0 Å². The zero-order valence-electron chi connectivity index (χ0n) is 62.1. The SMILES string of the molecule is CC(C)(C)CCN1CCC2(CC[C@H](NC(=O)CCN3CCCC3=O)c3ccc(F)cc32)CC1.CCN(C(=O)Cc1cccnc1)[C@H]1CCC2(CCN(CCC(C)(C)C)CC2)c2ccccc21.C[C@@H](C(=O)N[C@H]1CCC2(CCN(CCC(C)(C)C)CC2)c2ccccc21)N1CCCC1=O.[HH].[HH]. The number of carbonyl (C=O) groups is 5. The van der Waals surface area contributed by atoms with Crippen molar-refractivity contribution in [1.29, 1.82) is 0 Å². The van der Waals surface area contributed by atoms with Gasteiger partial charge in [-0.2, -0.15) is 0 Å². The van der Waals surface area contributed by atoms with Gasteiger partial charge >= 0.3 is 0 Å². The van der Waals surface area contributed by atoms with Gasteiger partial charge in [-0.1, -0.05) is 123 Å². The predicted octanol–water partition coefficient (Wildman–Crippen LogP) is 15.2. The molecule has 4 atom stereocenters. The average Bonchev–Trinajstić information content (AvgIpc) is 0.947. The van der Waals surface area contributed by atoms with E-state index in [1.165, 1.54) is 106 Å². The molecule has 2 N–H and O–H groups in total. The first-order chi connectivity index (χ1) is 46.6. The molecule has 4 aromatic rings. The third kappa shape index (κ3) is 18.9. The number of likely N-dealkylation sites (tertiary alicyclic amines) is 5. The predicted molar refractivity (Wildman–Crippen MR) is 396 cm³/mol. The van der Waals surface area contributed by atoms with Crippen molar-refractivity contribution in [3.05, 3.63) is 136 Å². The zero-order valence-corrected chi connectivity index (χ0v) is 62.1. The lowest BCUT2D eigenvalue weighted by Gasteiger charge is -2.49. The summed E-state index contributed by atoms with van der Waals surface area (Å²) < 4.78 is 14.3. The molecule has 1 aromatic heterocycles. The topological polar surface area (TPSA) is 142 Å². The highest BCUT2D eigenvalue weighted by atomic mass is 19.1. The number of nitrogens with zero attached hydrogens (tertiary/aromatic N) is 7. The number of carbonyl (C=O) groups excluding carboxylic acids is 5. The third-order valence-electron chi connectivity index (χ3n) is 24.0. The molecule has 6 heterocycles. The van der Waals surface area contributed by atoms with E-state index in [4.69, 9.17) is 0 Å². The summed E-state index contributed by atoms with van der Waals surface area (Å²) >= 11 is 0. The first-order valence-corrected chi connectivity index (χ1v) is 38.2. The highest BCUT2D eigenvalue weighted by Crippen LogP contribution is 2.52. The Morgan fingerprint density at radius 1 is 0.582 bits per heavy atom. The van der Waals surface area contributed by atoms with E-state index in [2.05, 4.69) is 153 Å². The molecular formula is C83H126FN9O5. The summed E-state index contributed by atoms with van der Waals surface area (Å²) in [5.41, 5.74) is 10.4. The summed E-state index contributed by atoms with van der Waals surface area (Å²) in [6.45, 7) is 37.8. The monoisotopic (exact) mass is 1350 g/mol. The molecular weight excluding hydrogens is 1220 g/mol. The van der Waals surface area contributed by atoms with E-state index in [0.717, 1.165) is 120 Å². The van der Waals surface area contributed by atoms with Gasteiger partial charge in [-0.05, 0) is 272 Å². The van der Waals surface area contributed by atoms with Crippen molar-refractivity contribution >= 4 is 29.5 Å². The minimum absolute atomic E-state index is 0.